The Morgan fingerprint density at radius 2 is 1.96 bits per heavy atom. The number of pyridine rings is 2. The Hall–Kier alpha value is -1.94. The number of ether oxygens (including phenoxy) is 1. The Labute approximate surface area is 157 Å². The summed E-state index contributed by atoms with van der Waals surface area (Å²) in [5.74, 6) is 1.57. The molecule has 2 atom stereocenters. The number of hydrogen-bond acceptors (Lipinski definition) is 4. The summed E-state index contributed by atoms with van der Waals surface area (Å²) in [7, 11) is 0. The van der Waals surface area contributed by atoms with Crippen molar-refractivity contribution in [2.75, 3.05) is 19.7 Å². The summed E-state index contributed by atoms with van der Waals surface area (Å²) in [6.45, 7) is 11.4. The van der Waals surface area contributed by atoms with Gasteiger partial charge in [0, 0.05) is 30.2 Å². The van der Waals surface area contributed by atoms with Crippen LogP contribution in [0.1, 0.15) is 55.2 Å². The molecule has 0 bridgehead atoms. The van der Waals surface area contributed by atoms with Crippen LogP contribution in [0, 0.1) is 19.8 Å². The fourth-order valence-corrected chi connectivity index (χ4v) is 4.11. The number of piperidine rings is 1. The molecule has 2 aromatic rings. The molecule has 1 saturated heterocycles. The van der Waals surface area contributed by atoms with E-state index < -0.39 is 0 Å². The van der Waals surface area contributed by atoms with Crippen LogP contribution in [-0.2, 0) is 6.42 Å². The third kappa shape index (κ3) is 4.82. The van der Waals surface area contributed by atoms with Gasteiger partial charge in [-0.05, 0) is 88.7 Å². The highest BCUT2D eigenvalue weighted by atomic mass is 16.5. The van der Waals surface area contributed by atoms with Crippen molar-refractivity contribution in [1.29, 1.82) is 0 Å². The molecule has 3 heterocycles. The summed E-state index contributed by atoms with van der Waals surface area (Å²) in [6, 6.07) is 6.99. The van der Waals surface area contributed by atoms with Crippen LogP contribution in [0.15, 0.2) is 30.6 Å². The number of nitrogens with zero attached hydrogens (tertiary/aromatic N) is 3. The van der Waals surface area contributed by atoms with Gasteiger partial charge in [0.25, 0.3) is 0 Å². The first-order valence-corrected chi connectivity index (χ1v) is 9.81. The maximum Gasteiger partial charge on any atom is 0.137 e. The molecule has 1 fully saturated rings. The van der Waals surface area contributed by atoms with Crippen LogP contribution in [0.4, 0.5) is 0 Å². The van der Waals surface area contributed by atoms with E-state index in [0.29, 0.717) is 18.6 Å². The zero-order valence-corrected chi connectivity index (χ0v) is 16.5. The van der Waals surface area contributed by atoms with E-state index in [4.69, 9.17) is 4.74 Å². The van der Waals surface area contributed by atoms with E-state index in [9.17, 15) is 0 Å². The van der Waals surface area contributed by atoms with E-state index in [1.807, 2.05) is 13.1 Å². The average molecular weight is 354 g/mol. The van der Waals surface area contributed by atoms with Crippen molar-refractivity contribution >= 4 is 0 Å². The van der Waals surface area contributed by atoms with Crippen LogP contribution >= 0.6 is 0 Å². The zero-order valence-electron chi connectivity index (χ0n) is 16.5. The van der Waals surface area contributed by atoms with Crippen LogP contribution in [-0.4, -0.2) is 34.6 Å². The van der Waals surface area contributed by atoms with Gasteiger partial charge < -0.3 is 4.74 Å². The molecule has 2 aromatic heterocycles. The number of likely N-dealkylation sites (tertiary alicyclic amines) is 1. The molecule has 1 aliphatic heterocycles. The molecule has 0 radical (unpaired) electrons. The minimum absolute atomic E-state index is 0.367. The molecular formula is C22H31N3O. The van der Waals surface area contributed by atoms with Gasteiger partial charge in [-0.3, -0.25) is 14.9 Å². The molecule has 0 aliphatic carbocycles. The first-order valence-electron chi connectivity index (χ1n) is 9.81. The van der Waals surface area contributed by atoms with Gasteiger partial charge in [-0.2, -0.15) is 0 Å². The minimum Gasteiger partial charge on any atom is -0.492 e. The SMILES string of the molecule is CCOc1cncc(C(C)N2CCC[C@H](Cc3cc(C)nc(C)c3)C2)c1. The Morgan fingerprint density at radius 1 is 1.19 bits per heavy atom. The van der Waals surface area contributed by atoms with E-state index in [-0.39, 0.29) is 0 Å². The van der Waals surface area contributed by atoms with E-state index in [2.05, 4.69) is 53.8 Å². The molecule has 140 valence electrons. The molecule has 1 aliphatic rings. The lowest BCUT2D eigenvalue weighted by Gasteiger charge is -2.37. The van der Waals surface area contributed by atoms with Crippen LogP contribution in [0.2, 0.25) is 0 Å². The lowest BCUT2D eigenvalue weighted by atomic mass is 9.90. The second kappa shape index (κ2) is 8.63. The molecule has 0 spiro atoms. The monoisotopic (exact) mass is 353 g/mol. The van der Waals surface area contributed by atoms with Crippen LogP contribution in [0.5, 0.6) is 5.75 Å². The molecule has 1 unspecified atom stereocenters. The number of rotatable bonds is 6. The van der Waals surface area contributed by atoms with Crippen molar-refractivity contribution in [3.05, 3.63) is 53.1 Å². The molecule has 0 N–H and O–H groups in total. The molecule has 4 heteroatoms. The van der Waals surface area contributed by atoms with Gasteiger partial charge in [-0.25, -0.2) is 0 Å². The molecule has 3 rings (SSSR count). The van der Waals surface area contributed by atoms with Gasteiger partial charge in [-0.1, -0.05) is 0 Å². The van der Waals surface area contributed by atoms with Gasteiger partial charge in [-0.15, -0.1) is 0 Å². The Bertz CT molecular complexity index is 711. The number of aromatic nitrogens is 2. The Morgan fingerprint density at radius 3 is 2.69 bits per heavy atom. The van der Waals surface area contributed by atoms with Crippen LogP contribution in [0.3, 0.4) is 0 Å². The molecule has 0 saturated carbocycles. The highest BCUT2D eigenvalue weighted by molar-refractivity contribution is 5.26. The maximum absolute atomic E-state index is 5.62. The summed E-state index contributed by atoms with van der Waals surface area (Å²) in [6.07, 6.45) is 7.49. The van der Waals surface area contributed by atoms with Gasteiger partial charge in [0.05, 0.1) is 12.8 Å². The molecule has 0 amide bonds. The normalized spacial score (nSPS) is 19.3. The van der Waals surface area contributed by atoms with E-state index in [1.54, 1.807) is 6.20 Å². The Balaban J connectivity index is 1.66. The van der Waals surface area contributed by atoms with Gasteiger partial charge in [0.15, 0.2) is 0 Å². The topological polar surface area (TPSA) is 38.2 Å². The number of hydrogen-bond donors (Lipinski definition) is 0. The van der Waals surface area contributed by atoms with Gasteiger partial charge >= 0.3 is 0 Å². The fourth-order valence-electron chi connectivity index (χ4n) is 4.11. The fraction of sp³-hybridized carbons (Fsp3) is 0.545. The van der Waals surface area contributed by atoms with Gasteiger partial charge in [0.1, 0.15) is 5.75 Å². The highest BCUT2D eigenvalue weighted by Gasteiger charge is 2.25. The molecule has 0 aromatic carbocycles. The smallest absolute Gasteiger partial charge is 0.137 e. The largest absolute Gasteiger partial charge is 0.492 e. The molecular weight excluding hydrogens is 322 g/mol. The predicted octanol–water partition coefficient (Wildman–Crippen LogP) is 4.51. The molecule has 4 nitrogen and oxygen atoms in total. The summed E-state index contributed by atoms with van der Waals surface area (Å²) < 4.78 is 5.62. The van der Waals surface area contributed by atoms with E-state index >= 15 is 0 Å². The van der Waals surface area contributed by atoms with Crippen molar-refractivity contribution in [1.82, 2.24) is 14.9 Å². The minimum atomic E-state index is 0.367. The van der Waals surface area contributed by atoms with Crippen molar-refractivity contribution in [2.45, 2.75) is 53.0 Å². The quantitative estimate of drug-likeness (QED) is 0.766. The maximum atomic E-state index is 5.62. The van der Waals surface area contributed by atoms with E-state index in [1.165, 1.54) is 24.0 Å². The third-order valence-electron chi connectivity index (χ3n) is 5.29. The van der Waals surface area contributed by atoms with Crippen molar-refractivity contribution < 1.29 is 4.74 Å². The lowest BCUT2D eigenvalue weighted by molar-refractivity contribution is 0.131. The lowest BCUT2D eigenvalue weighted by Crippen LogP contribution is -2.38. The van der Waals surface area contributed by atoms with Crippen molar-refractivity contribution in [2.24, 2.45) is 5.92 Å². The first-order chi connectivity index (χ1) is 12.5. The number of aryl methyl sites for hydroxylation is 2. The standard InChI is InChI=1S/C22H31N3O/c1-5-26-22-12-21(13-23-14-22)18(4)25-8-6-7-19(15-25)11-20-9-16(2)24-17(3)10-20/h9-10,12-14,18-19H,5-8,11,15H2,1-4H3/t18?,19-/m1/s1. The van der Waals surface area contributed by atoms with Crippen LogP contribution < -0.4 is 4.74 Å². The second-order valence-corrected chi connectivity index (χ2v) is 7.53. The van der Waals surface area contributed by atoms with Crippen LogP contribution in [0.25, 0.3) is 0 Å². The van der Waals surface area contributed by atoms with Crippen molar-refractivity contribution in [3.8, 4) is 5.75 Å². The first kappa shape index (κ1) is 18.8. The van der Waals surface area contributed by atoms with Crippen molar-refractivity contribution in [3.63, 3.8) is 0 Å². The average Bonchev–Trinajstić information content (AvgIpc) is 2.61. The van der Waals surface area contributed by atoms with E-state index in [0.717, 1.165) is 36.6 Å². The highest BCUT2D eigenvalue weighted by Crippen LogP contribution is 2.29. The summed E-state index contributed by atoms with van der Waals surface area (Å²) in [4.78, 5) is 11.5. The van der Waals surface area contributed by atoms with Gasteiger partial charge in [0.2, 0.25) is 0 Å². The second-order valence-electron chi connectivity index (χ2n) is 7.53. The Kier molecular flexibility index (Phi) is 6.25. The molecule has 26 heavy (non-hydrogen) atoms. The third-order valence-corrected chi connectivity index (χ3v) is 5.29. The summed E-state index contributed by atoms with van der Waals surface area (Å²) in [5.41, 5.74) is 4.92. The zero-order chi connectivity index (χ0) is 18.5. The summed E-state index contributed by atoms with van der Waals surface area (Å²) >= 11 is 0. The predicted molar refractivity (Wildman–Crippen MR) is 106 cm³/mol. The summed E-state index contributed by atoms with van der Waals surface area (Å²) in [5, 5.41) is 0.